The van der Waals surface area contributed by atoms with Gasteiger partial charge in [0.2, 0.25) is 5.95 Å². The fourth-order valence-electron chi connectivity index (χ4n) is 1.84. The van der Waals surface area contributed by atoms with Gasteiger partial charge in [0, 0.05) is 4.47 Å². The molecule has 1 aromatic carbocycles. The van der Waals surface area contributed by atoms with Crippen molar-refractivity contribution in [3.63, 3.8) is 0 Å². The zero-order chi connectivity index (χ0) is 13.4. The quantitative estimate of drug-likeness (QED) is 0.740. The van der Waals surface area contributed by atoms with Crippen LogP contribution in [0, 0.1) is 6.92 Å². The van der Waals surface area contributed by atoms with E-state index in [0.29, 0.717) is 0 Å². The van der Waals surface area contributed by atoms with Crippen LogP contribution in [0.2, 0.25) is 0 Å². The Bertz CT molecular complexity index is 753. The molecule has 0 radical (unpaired) electrons. The maximum Gasteiger partial charge on any atom is 0.223 e. The molecule has 0 aliphatic carbocycles. The number of aryl methyl sites for hydroxylation is 1. The summed E-state index contributed by atoms with van der Waals surface area (Å²) >= 11 is 5.13. The number of halogens is 1. The van der Waals surface area contributed by atoms with E-state index >= 15 is 0 Å². The van der Waals surface area contributed by atoms with E-state index in [9.17, 15) is 0 Å². The number of aromatic nitrogens is 2. The topological polar surface area (TPSA) is 63.8 Å². The van der Waals surface area contributed by atoms with Crippen molar-refractivity contribution in [2.24, 2.45) is 0 Å². The lowest BCUT2D eigenvalue weighted by Crippen LogP contribution is -2.00. The van der Waals surface area contributed by atoms with E-state index in [0.717, 1.165) is 31.8 Å². The number of thiophene rings is 1. The second kappa shape index (κ2) is 4.79. The van der Waals surface area contributed by atoms with Crippen molar-refractivity contribution in [2.75, 3.05) is 11.1 Å². The number of nitrogens with two attached hydrogens (primary N) is 1. The molecule has 3 rings (SSSR count). The smallest absolute Gasteiger partial charge is 0.223 e. The lowest BCUT2D eigenvalue weighted by molar-refractivity contribution is 1.24. The van der Waals surface area contributed by atoms with E-state index in [1.165, 1.54) is 0 Å². The van der Waals surface area contributed by atoms with Crippen LogP contribution < -0.4 is 11.1 Å². The minimum Gasteiger partial charge on any atom is -0.368 e. The number of benzene rings is 1. The second-order valence-electron chi connectivity index (χ2n) is 4.13. The summed E-state index contributed by atoms with van der Waals surface area (Å²) in [5, 5.41) is 6.27. The predicted octanol–water partition coefficient (Wildman–Crippen LogP) is 4.09. The minimum atomic E-state index is 0.279. The molecule has 0 amide bonds. The van der Waals surface area contributed by atoms with Gasteiger partial charge in [-0.2, -0.15) is 4.98 Å². The highest BCUT2D eigenvalue weighted by atomic mass is 79.9. The Morgan fingerprint density at radius 1 is 1.26 bits per heavy atom. The summed E-state index contributed by atoms with van der Waals surface area (Å²) in [5.41, 5.74) is 7.86. The molecule has 6 heteroatoms. The molecule has 3 aromatic rings. The van der Waals surface area contributed by atoms with E-state index < -0.39 is 0 Å². The molecule has 0 fully saturated rings. The van der Waals surface area contributed by atoms with Crippen molar-refractivity contribution in [2.45, 2.75) is 6.92 Å². The number of hydrogen-bond acceptors (Lipinski definition) is 5. The first-order valence-electron chi connectivity index (χ1n) is 5.68. The molecule has 0 atom stereocenters. The summed E-state index contributed by atoms with van der Waals surface area (Å²) in [5.74, 6) is 1.01. The number of nitrogens with one attached hydrogen (secondary N) is 1. The SMILES string of the molecule is Cc1cccc(Nc2nc(N)nc3sccc23)c1Br. The molecule has 19 heavy (non-hydrogen) atoms. The van der Waals surface area contributed by atoms with Crippen molar-refractivity contribution < 1.29 is 0 Å². The van der Waals surface area contributed by atoms with Crippen LogP contribution in [0.4, 0.5) is 17.5 Å². The van der Waals surface area contributed by atoms with Crippen LogP contribution in [0.15, 0.2) is 34.1 Å². The molecule has 0 aliphatic rings. The number of fused-ring (bicyclic) bond motifs is 1. The van der Waals surface area contributed by atoms with Crippen LogP contribution in [0.1, 0.15) is 5.56 Å². The molecule has 0 saturated heterocycles. The van der Waals surface area contributed by atoms with Gasteiger partial charge < -0.3 is 11.1 Å². The van der Waals surface area contributed by atoms with Crippen LogP contribution in [0.5, 0.6) is 0 Å². The highest BCUT2D eigenvalue weighted by Crippen LogP contribution is 2.32. The summed E-state index contributed by atoms with van der Waals surface area (Å²) in [7, 11) is 0. The fourth-order valence-corrected chi connectivity index (χ4v) is 2.97. The second-order valence-corrected chi connectivity index (χ2v) is 5.82. The third-order valence-electron chi connectivity index (χ3n) is 2.79. The normalized spacial score (nSPS) is 10.8. The Hall–Kier alpha value is -1.66. The molecule has 0 bridgehead atoms. The lowest BCUT2D eigenvalue weighted by atomic mass is 10.2. The molecule has 0 spiro atoms. The van der Waals surface area contributed by atoms with Gasteiger partial charge in [-0.3, -0.25) is 0 Å². The van der Waals surface area contributed by atoms with Gasteiger partial charge in [0.25, 0.3) is 0 Å². The molecule has 0 aliphatic heterocycles. The maximum absolute atomic E-state index is 5.74. The van der Waals surface area contributed by atoms with Gasteiger partial charge in [-0.15, -0.1) is 11.3 Å². The Morgan fingerprint density at radius 3 is 2.95 bits per heavy atom. The Morgan fingerprint density at radius 2 is 2.11 bits per heavy atom. The number of nitrogen functional groups attached to an aromatic ring is 1. The predicted molar refractivity (Wildman–Crippen MR) is 84.0 cm³/mol. The average Bonchev–Trinajstić information content (AvgIpc) is 2.83. The van der Waals surface area contributed by atoms with E-state index in [-0.39, 0.29) is 5.95 Å². The van der Waals surface area contributed by atoms with Crippen LogP contribution in [0.25, 0.3) is 10.2 Å². The van der Waals surface area contributed by atoms with Gasteiger partial charge in [0.1, 0.15) is 10.6 Å². The molecule has 2 aromatic heterocycles. The number of nitrogens with zero attached hydrogens (tertiary/aromatic N) is 2. The first-order chi connectivity index (χ1) is 9.15. The molecular formula is C13H11BrN4S. The standard InChI is InChI=1S/C13H11BrN4S/c1-7-3-2-4-9(10(7)14)16-11-8-5-6-19-12(8)18-13(15)17-11/h2-6H,1H3,(H3,15,16,17,18). The molecule has 2 heterocycles. The first-order valence-corrected chi connectivity index (χ1v) is 7.35. The van der Waals surface area contributed by atoms with Crippen molar-refractivity contribution in [1.29, 1.82) is 0 Å². The summed E-state index contributed by atoms with van der Waals surface area (Å²) < 4.78 is 1.02. The van der Waals surface area contributed by atoms with Gasteiger partial charge in [-0.1, -0.05) is 12.1 Å². The molecular weight excluding hydrogens is 324 g/mol. The molecule has 0 saturated carbocycles. The Labute approximate surface area is 122 Å². The third kappa shape index (κ3) is 2.29. The molecule has 0 unspecified atom stereocenters. The van der Waals surface area contributed by atoms with E-state index in [4.69, 9.17) is 5.73 Å². The maximum atomic E-state index is 5.74. The molecule has 96 valence electrons. The van der Waals surface area contributed by atoms with E-state index in [2.05, 4.69) is 31.2 Å². The number of hydrogen-bond donors (Lipinski definition) is 2. The number of anilines is 3. The zero-order valence-electron chi connectivity index (χ0n) is 10.1. The summed E-state index contributed by atoms with van der Waals surface area (Å²) in [6, 6.07) is 8.03. The van der Waals surface area contributed by atoms with Crippen molar-refractivity contribution in [1.82, 2.24) is 9.97 Å². The third-order valence-corrected chi connectivity index (χ3v) is 4.65. The zero-order valence-corrected chi connectivity index (χ0v) is 12.5. The van der Waals surface area contributed by atoms with Crippen LogP contribution in [0.3, 0.4) is 0 Å². The highest BCUT2D eigenvalue weighted by Gasteiger charge is 2.09. The summed E-state index contributed by atoms with van der Waals surface area (Å²) in [6.07, 6.45) is 0. The monoisotopic (exact) mass is 334 g/mol. The van der Waals surface area contributed by atoms with Crippen LogP contribution in [-0.4, -0.2) is 9.97 Å². The highest BCUT2D eigenvalue weighted by molar-refractivity contribution is 9.10. The van der Waals surface area contributed by atoms with Crippen LogP contribution in [-0.2, 0) is 0 Å². The Balaban J connectivity index is 2.10. The average molecular weight is 335 g/mol. The fraction of sp³-hybridized carbons (Fsp3) is 0.0769. The lowest BCUT2D eigenvalue weighted by Gasteiger charge is -2.10. The van der Waals surface area contributed by atoms with Crippen molar-refractivity contribution >= 4 is 54.9 Å². The van der Waals surface area contributed by atoms with E-state index in [1.807, 2.05) is 36.6 Å². The largest absolute Gasteiger partial charge is 0.368 e. The molecule has 4 nitrogen and oxygen atoms in total. The first kappa shape index (κ1) is 12.4. The van der Waals surface area contributed by atoms with Gasteiger partial charge in [0.15, 0.2) is 0 Å². The Kier molecular flexibility index (Phi) is 3.12. The van der Waals surface area contributed by atoms with Gasteiger partial charge in [-0.05, 0) is 45.9 Å². The number of rotatable bonds is 2. The van der Waals surface area contributed by atoms with Gasteiger partial charge in [-0.25, -0.2) is 4.98 Å². The van der Waals surface area contributed by atoms with E-state index in [1.54, 1.807) is 11.3 Å². The van der Waals surface area contributed by atoms with Crippen LogP contribution >= 0.6 is 27.3 Å². The summed E-state index contributed by atoms with van der Waals surface area (Å²) in [6.45, 7) is 2.05. The molecule has 3 N–H and O–H groups in total. The van der Waals surface area contributed by atoms with Gasteiger partial charge in [0.05, 0.1) is 11.1 Å². The van der Waals surface area contributed by atoms with Gasteiger partial charge >= 0.3 is 0 Å². The van der Waals surface area contributed by atoms with Crippen molar-refractivity contribution in [3.05, 3.63) is 39.7 Å². The summed E-state index contributed by atoms with van der Waals surface area (Å²) in [4.78, 5) is 9.38. The van der Waals surface area contributed by atoms with Crippen molar-refractivity contribution in [3.8, 4) is 0 Å². The minimum absolute atomic E-state index is 0.279.